The third-order valence-corrected chi connectivity index (χ3v) is 0.335. The normalized spacial score (nSPS) is 7.50. The first-order valence-corrected chi connectivity index (χ1v) is 2.67. The second kappa shape index (κ2) is 15.8. The Balaban J connectivity index is 0. The number of aliphatic hydroxyl groups is 1. The minimum atomic E-state index is 0.156. The first kappa shape index (κ1) is 10.8. The SMILES string of the molecule is CNC.OCCC[OH2+]. The van der Waals surface area contributed by atoms with Crippen molar-refractivity contribution in [2.24, 2.45) is 0 Å². The third-order valence-electron chi connectivity index (χ3n) is 0.335. The molecule has 0 unspecified atom stereocenters. The summed E-state index contributed by atoms with van der Waals surface area (Å²) in [6, 6.07) is 0. The second-order valence-corrected chi connectivity index (χ2v) is 1.33. The molecule has 0 saturated heterocycles. The van der Waals surface area contributed by atoms with Crippen molar-refractivity contribution >= 4 is 0 Å². The van der Waals surface area contributed by atoms with Crippen LogP contribution in [-0.4, -0.2) is 37.5 Å². The van der Waals surface area contributed by atoms with E-state index >= 15 is 0 Å². The maximum Gasteiger partial charge on any atom is 0.145 e. The van der Waals surface area contributed by atoms with Crippen LogP contribution in [0, 0.1) is 0 Å². The molecule has 0 fully saturated rings. The van der Waals surface area contributed by atoms with Crippen molar-refractivity contribution in [3.05, 3.63) is 0 Å². The van der Waals surface area contributed by atoms with Crippen LogP contribution >= 0.6 is 0 Å². The fourth-order valence-electron chi connectivity index (χ4n) is 0.0791. The summed E-state index contributed by atoms with van der Waals surface area (Å²) < 4.78 is 0. The molecule has 52 valence electrons. The molecule has 4 N–H and O–H groups in total. The average molecular weight is 122 g/mol. The van der Waals surface area contributed by atoms with Crippen LogP contribution < -0.4 is 5.32 Å². The van der Waals surface area contributed by atoms with Gasteiger partial charge in [0, 0.05) is 6.42 Å². The molecule has 0 aromatic rings. The Morgan fingerprint density at radius 1 is 1.50 bits per heavy atom. The van der Waals surface area contributed by atoms with E-state index in [0.29, 0.717) is 13.0 Å². The van der Waals surface area contributed by atoms with Gasteiger partial charge in [0.1, 0.15) is 6.61 Å². The molecule has 0 bridgehead atoms. The van der Waals surface area contributed by atoms with Crippen molar-refractivity contribution in [2.45, 2.75) is 6.42 Å². The summed E-state index contributed by atoms with van der Waals surface area (Å²) in [7, 11) is 3.75. The van der Waals surface area contributed by atoms with Crippen molar-refractivity contribution in [1.29, 1.82) is 0 Å². The van der Waals surface area contributed by atoms with Crippen LogP contribution in [0.15, 0.2) is 0 Å². The zero-order valence-electron chi connectivity index (χ0n) is 5.57. The zero-order valence-corrected chi connectivity index (χ0v) is 5.57. The lowest BCUT2D eigenvalue weighted by Crippen LogP contribution is -1.89. The van der Waals surface area contributed by atoms with Crippen LogP contribution in [-0.2, 0) is 0 Å². The van der Waals surface area contributed by atoms with Crippen LogP contribution in [0.3, 0.4) is 0 Å². The number of hydrogen-bond acceptors (Lipinski definition) is 2. The summed E-state index contributed by atoms with van der Waals surface area (Å²) in [5, 5.41) is 17.1. The molecule has 0 saturated carbocycles. The lowest BCUT2D eigenvalue weighted by atomic mass is 10.5. The number of hydrogen-bond donors (Lipinski definition) is 2. The van der Waals surface area contributed by atoms with Gasteiger partial charge in [0.25, 0.3) is 0 Å². The largest absolute Gasteiger partial charge is 0.445 e. The lowest BCUT2D eigenvalue weighted by molar-refractivity contribution is 0.221. The molecule has 0 rings (SSSR count). The van der Waals surface area contributed by atoms with Gasteiger partial charge in [0.15, 0.2) is 0 Å². The van der Waals surface area contributed by atoms with E-state index < -0.39 is 0 Å². The second-order valence-electron chi connectivity index (χ2n) is 1.33. The average Bonchev–Trinajstić information content (AvgIpc) is 1.71. The van der Waals surface area contributed by atoms with E-state index in [1.54, 1.807) is 0 Å². The topological polar surface area (TPSA) is 55.2 Å². The number of rotatable bonds is 2. The van der Waals surface area contributed by atoms with Gasteiger partial charge in [-0.2, -0.15) is 0 Å². The van der Waals surface area contributed by atoms with E-state index in [1.165, 1.54) is 0 Å². The van der Waals surface area contributed by atoms with Crippen LogP contribution in [0.2, 0.25) is 0 Å². The van der Waals surface area contributed by atoms with Gasteiger partial charge >= 0.3 is 0 Å². The van der Waals surface area contributed by atoms with Crippen molar-refractivity contribution in [2.75, 3.05) is 27.3 Å². The van der Waals surface area contributed by atoms with Crippen molar-refractivity contribution < 1.29 is 10.2 Å². The maximum atomic E-state index is 7.95. The molecule has 3 heteroatoms. The van der Waals surface area contributed by atoms with Crippen LogP contribution in [0.25, 0.3) is 0 Å². The summed E-state index contributed by atoms with van der Waals surface area (Å²) in [5.41, 5.74) is 0. The van der Waals surface area contributed by atoms with Crippen LogP contribution in [0.1, 0.15) is 6.42 Å². The van der Waals surface area contributed by atoms with E-state index in [2.05, 4.69) is 5.32 Å². The third kappa shape index (κ3) is 39.6. The fraction of sp³-hybridized carbons (Fsp3) is 1.00. The molecule has 0 aliphatic heterocycles. The molecule has 0 aliphatic carbocycles. The van der Waals surface area contributed by atoms with Gasteiger partial charge in [-0.25, -0.2) is 0 Å². The highest BCUT2D eigenvalue weighted by atomic mass is 16.3. The monoisotopic (exact) mass is 122 g/mol. The lowest BCUT2D eigenvalue weighted by Gasteiger charge is -1.76. The minimum Gasteiger partial charge on any atom is -0.445 e. The van der Waals surface area contributed by atoms with Crippen LogP contribution in [0.4, 0.5) is 0 Å². The smallest absolute Gasteiger partial charge is 0.145 e. The molecule has 0 aromatic carbocycles. The zero-order chi connectivity index (χ0) is 6.83. The Hall–Kier alpha value is -0.120. The molecule has 0 amide bonds. The first-order chi connectivity index (χ1) is 3.83. The fourth-order valence-corrected chi connectivity index (χ4v) is 0.0791. The van der Waals surface area contributed by atoms with Crippen molar-refractivity contribution in [1.82, 2.24) is 5.32 Å². The molecule has 0 aliphatic rings. The summed E-state index contributed by atoms with van der Waals surface area (Å²) in [6.45, 7) is 0.500. The number of aliphatic hydroxyl groups excluding tert-OH is 1. The summed E-state index contributed by atoms with van der Waals surface area (Å²) in [6.07, 6.45) is 0.611. The maximum absolute atomic E-state index is 7.95. The molecule has 8 heavy (non-hydrogen) atoms. The van der Waals surface area contributed by atoms with Gasteiger partial charge in [0.05, 0.1) is 6.61 Å². The van der Waals surface area contributed by atoms with Gasteiger partial charge in [-0.1, -0.05) is 0 Å². The summed E-state index contributed by atoms with van der Waals surface area (Å²) in [4.78, 5) is 0. The van der Waals surface area contributed by atoms with E-state index in [1.807, 2.05) is 14.1 Å². The van der Waals surface area contributed by atoms with Gasteiger partial charge in [-0.15, -0.1) is 0 Å². The highest BCUT2D eigenvalue weighted by molar-refractivity contribution is 4.22. The molecule has 0 heterocycles. The highest BCUT2D eigenvalue weighted by Gasteiger charge is 1.74. The van der Waals surface area contributed by atoms with Gasteiger partial charge in [0.2, 0.25) is 0 Å². The molecular weight excluding hydrogens is 106 g/mol. The van der Waals surface area contributed by atoms with E-state index in [0.717, 1.165) is 0 Å². The first-order valence-electron chi connectivity index (χ1n) is 2.67. The van der Waals surface area contributed by atoms with Crippen molar-refractivity contribution in [3.63, 3.8) is 0 Å². The predicted molar refractivity (Wildman–Crippen MR) is 35.2 cm³/mol. The van der Waals surface area contributed by atoms with Crippen molar-refractivity contribution in [3.8, 4) is 0 Å². The van der Waals surface area contributed by atoms with Gasteiger partial charge in [-0.05, 0) is 14.1 Å². The Kier molecular flexibility index (Phi) is 21.3. The Bertz CT molecular complexity index is 24.4. The molecule has 3 nitrogen and oxygen atoms in total. The minimum absolute atomic E-state index is 0.156. The van der Waals surface area contributed by atoms with Crippen LogP contribution in [0.5, 0.6) is 0 Å². The molecular formula is C5H16NO2+. The van der Waals surface area contributed by atoms with Gasteiger partial charge in [-0.3, -0.25) is 0 Å². The molecule has 0 radical (unpaired) electrons. The summed E-state index contributed by atoms with van der Waals surface area (Å²) in [5.74, 6) is 0. The molecule has 0 atom stereocenters. The standard InChI is InChI=1S/C3H8O2.C2H7N/c4-2-1-3-5;1-3-2/h4-5H,1-3H2;3H,1-2H3/p+1. The van der Waals surface area contributed by atoms with E-state index in [-0.39, 0.29) is 6.61 Å². The Labute approximate surface area is 50.3 Å². The quantitative estimate of drug-likeness (QED) is 0.458. The molecule has 0 spiro atoms. The Morgan fingerprint density at radius 2 is 1.88 bits per heavy atom. The van der Waals surface area contributed by atoms with Gasteiger partial charge < -0.3 is 15.5 Å². The predicted octanol–water partition coefficient (Wildman–Crippen LogP) is -1.07. The number of nitrogens with one attached hydrogen (secondary N) is 1. The highest BCUT2D eigenvalue weighted by Crippen LogP contribution is 1.65. The van der Waals surface area contributed by atoms with E-state index in [9.17, 15) is 0 Å². The summed E-state index contributed by atoms with van der Waals surface area (Å²) >= 11 is 0. The molecule has 0 aromatic heterocycles. The van der Waals surface area contributed by atoms with E-state index in [4.69, 9.17) is 10.2 Å². The Morgan fingerprint density at radius 3 is 1.88 bits per heavy atom.